The molecule has 0 unspecified atom stereocenters. The lowest BCUT2D eigenvalue weighted by Crippen LogP contribution is -2.50. The van der Waals surface area contributed by atoms with Crippen LogP contribution < -0.4 is 21.1 Å². The molecule has 15 heteroatoms. The minimum atomic E-state index is -5.31. The summed E-state index contributed by atoms with van der Waals surface area (Å²) in [5.74, 6) is -2.51. The molecule has 41 heavy (non-hydrogen) atoms. The van der Waals surface area contributed by atoms with E-state index in [2.05, 4.69) is 34.1 Å². The number of nitrogens with zero attached hydrogens (tertiary/aromatic N) is 2. The zero-order valence-electron chi connectivity index (χ0n) is 22.6. The van der Waals surface area contributed by atoms with Gasteiger partial charge in [0.25, 0.3) is 5.91 Å². The van der Waals surface area contributed by atoms with Crippen LogP contribution in [0, 0.1) is 0 Å². The van der Waals surface area contributed by atoms with Crippen LogP contribution in [0.1, 0.15) is 37.0 Å². The largest absolute Gasteiger partial charge is 0.492 e. The Morgan fingerprint density at radius 1 is 1.15 bits per heavy atom. The number of thiophene rings is 1. The molecule has 2 aromatic rings. The summed E-state index contributed by atoms with van der Waals surface area (Å²) in [6.45, 7) is 7.26. The van der Waals surface area contributed by atoms with Crippen LogP contribution in [0.2, 0.25) is 0 Å². The molecule has 1 aromatic heterocycles. The molecule has 0 aliphatic carbocycles. The number of carbonyl (C=O) groups excluding carboxylic acids is 4. The van der Waals surface area contributed by atoms with Crippen LogP contribution in [-0.2, 0) is 9.53 Å². The highest BCUT2D eigenvalue weighted by molar-refractivity contribution is 7.20. The summed E-state index contributed by atoms with van der Waals surface area (Å²) in [5, 5.41) is 5.37. The average Bonchev–Trinajstić information content (AvgIpc) is 3.34. The van der Waals surface area contributed by atoms with Crippen molar-refractivity contribution in [2.75, 3.05) is 44.6 Å². The lowest BCUT2D eigenvalue weighted by atomic mass is 10.1. The summed E-state index contributed by atoms with van der Waals surface area (Å²) in [5.41, 5.74) is 6.18. The number of benzene rings is 1. The van der Waals surface area contributed by atoms with Crippen LogP contribution >= 0.6 is 11.3 Å². The van der Waals surface area contributed by atoms with Crippen LogP contribution in [0.15, 0.2) is 30.3 Å². The Kier molecular flexibility index (Phi) is 10.9. The molecule has 1 aromatic carbocycles. The molecule has 1 atom stereocenters. The second-order valence-electron chi connectivity index (χ2n) is 9.15. The SMILES string of the molecule is CCN(CC)CCOc1ccc(-c2cc(C(=O)N[C@H]3CCCN(C(=O)OC(=O)C(F)(F)F)C3)c(NC(N)=O)s2)cc1. The second-order valence-corrected chi connectivity index (χ2v) is 10.2. The lowest BCUT2D eigenvalue weighted by Gasteiger charge is -2.32. The van der Waals surface area contributed by atoms with Gasteiger partial charge in [-0.15, -0.1) is 11.3 Å². The Balaban J connectivity index is 1.68. The molecular weight excluding hydrogens is 567 g/mol. The predicted molar refractivity (Wildman–Crippen MR) is 146 cm³/mol. The highest BCUT2D eigenvalue weighted by Crippen LogP contribution is 2.36. The fraction of sp³-hybridized carbons (Fsp3) is 0.462. The van der Waals surface area contributed by atoms with Gasteiger partial charge in [-0.25, -0.2) is 14.4 Å². The van der Waals surface area contributed by atoms with Crippen molar-refractivity contribution >= 4 is 40.3 Å². The van der Waals surface area contributed by atoms with Crippen LogP contribution in [0.4, 0.5) is 27.8 Å². The summed E-state index contributed by atoms with van der Waals surface area (Å²) in [6, 6.07) is 7.32. The highest BCUT2D eigenvalue weighted by Gasteiger charge is 2.43. The third kappa shape index (κ3) is 9.08. The normalized spacial score (nSPS) is 15.4. The van der Waals surface area contributed by atoms with Gasteiger partial charge in [-0.05, 0) is 61.8 Å². The molecule has 2 heterocycles. The van der Waals surface area contributed by atoms with Crippen molar-refractivity contribution in [3.63, 3.8) is 0 Å². The van der Waals surface area contributed by atoms with Gasteiger partial charge in [0.2, 0.25) is 0 Å². The van der Waals surface area contributed by atoms with Gasteiger partial charge in [0, 0.05) is 30.6 Å². The van der Waals surface area contributed by atoms with E-state index in [9.17, 15) is 32.3 Å². The number of halogens is 3. The summed E-state index contributed by atoms with van der Waals surface area (Å²) in [7, 11) is 0. The molecule has 1 saturated heterocycles. The van der Waals surface area contributed by atoms with Gasteiger partial charge in [0.1, 0.15) is 17.4 Å². The zero-order valence-corrected chi connectivity index (χ0v) is 23.4. The number of urea groups is 1. The van der Waals surface area contributed by atoms with Crippen LogP contribution in [0.25, 0.3) is 10.4 Å². The number of hydrogen-bond acceptors (Lipinski definition) is 8. The molecule has 0 saturated carbocycles. The molecular formula is C26H32F3N5O6S. The minimum absolute atomic E-state index is 0.0581. The maximum atomic E-state index is 13.2. The van der Waals surface area contributed by atoms with Gasteiger partial charge in [-0.1, -0.05) is 13.8 Å². The molecule has 0 spiro atoms. The maximum absolute atomic E-state index is 13.2. The molecule has 11 nitrogen and oxygen atoms in total. The highest BCUT2D eigenvalue weighted by atomic mass is 32.1. The van der Waals surface area contributed by atoms with E-state index in [4.69, 9.17) is 10.5 Å². The fourth-order valence-electron chi connectivity index (χ4n) is 4.18. The average molecular weight is 600 g/mol. The number of piperidine rings is 1. The van der Waals surface area contributed by atoms with Crippen LogP contribution in [0.3, 0.4) is 0 Å². The Bertz CT molecular complexity index is 1230. The minimum Gasteiger partial charge on any atom is -0.492 e. The molecule has 1 aliphatic rings. The second kappa shape index (κ2) is 14.2. The first-order valence-electron chi connectivity index (χ1n) is 13.0. The van der Waals surface area contributed by atoms with Crippen LogP contribution in [-0.4, -0.2) is 85.3 Å². The number of anilines is 1. The number of nitrogens with one attached hydrogen (secondary N) is 2. The van der Waals surface area contributed by atoms with E-state index in [1.54, 1.807) is 18.2 Å². The Hall–Kier alpha value is -3.85. The monoisotopic (exact) mass is 599 g/mol. The van der Waals surface area contributed by atoms with E-state index < -0.39 is 36.2 Å². The van der Waals surface area contributed by atoms with Gasteiger partial charge in [0.15, 0.2) is 0 Å². The van der Waals surface area contributed by atoms with Crippen LogP contribution in [0.5, 0.6) is 5.75 Å². The van der Waals surface area contributed by atoms with E-state index in [0.717, 1.165) is 41.4 Å². The van der Waals surface area contributed by atoms with Crippen molar-refractivity contribution in [3.05, 3.63) is 35.9 Å². The molecule has 1 fully saturated rings. The first kappa shape index (κ1) is 31.7. The number of likely N-dealkylation sites (N-methyl/N-ethyl adjacent to an activating group) is 1. The quantitative estimate of drug-likeness (QED) is 0.276. The van der Waals surface area contributed by atoms with Gasteiger partial charge in [-0.3, -0.25) is 10.1 Å². The third-order valence-electron chi connectivity index (χ3n) is 6.35. The summed E-state index contributed by atoms with van der Waals surface area (Å²) < 4.78 is 47.0. The maximum Gasteiger partial charge on any atom is 0.491 e. The Morgan fingerprint density at radius 3 is 2.44 bits per heavy atom. The van der Waals surface area contributed by atoms with E-state index in [1.807, 2.05) is 12.1 Å². The number of hydrogen-bond donors (Lipinski definition) is 3. The smallest absolute Gasteiger partial charge is 0.491 e. The summed E-state index contributed by atoms with van der Waals surface area (Å²) >= 11 is 1.13. The number of ether oxygens (including phenoxy) is 2. The third-order valence-corrected chi connectivity index (χ3v) is 7.45. The van der Waals surface area contributed by atoms with Crippen molar-refractivity contribution < 1.29 is 41.8 Å². The molecule has 3 rings (SSSR count). The predicted octanol–water partition coefficient (Wildman–Crippen LogP) is 4.05. The number of esters is 1. The van der Waals surface area contributed by atoms with Crippen molar-refractivity contribution in [1.29, 1.82) is 0 Å². The van der Waals surface area contributed by atoms with Crippen molar-refractivity contribution in [2.45, 2.75) is 38.9 Å². The molecule has 0 radical (unpaired) electrons. The molecule has 4 N–H and O–H groups in total. The van der Waals surface area contributed by atoms with Crippen molar-refractivity contribution in [3.8, 4) is 16.2 Å². The van der Waals surface area contributed by atoms with E-state index >= 15 is 0 Å². The zero-order chi connectivity index (χ0) is 30.2. The summed E-state index contributed by atoms with van der Waals surface area (Å²) in [6.07, 6.45) is -5.97. The number of alkyl halides is 3. The number of amides is 4. The first-order chi connectivity index (χ1) is 19.4. The Morgan fingerprint density at radius 2 is 1.83 bits per heavy atom. The number of carbonyl (C=O) groups is 4. The number of nitrogens with two attached hydrogens (primary N) is 1. The lowest BCUT2D eigenvalue weighted by molar-refractivity contribution is -0.193. The molecule has 0 bridgehead atoms. The van der Waals surface area contributed by atoms with Gasteiger partial charge in [-0.2, -0.15) is 13.2 Å². The Labute approximate surface area is 238 Å². The molecule has 4 amide bonds. The van der Waals surface area contributed by atoms with Crippen molar-refractivity contribution in [1.82, 2.24) is 15.1 Å². The fourth-order valence-corrected chi connectivity index (χ4v) is 5.24. The van der Waals surface area contributed by atoms with E-state index in [-0.39, 0.29) is 23.7 Å². The van der Waals surface area contributed by atoms with Gasteiger partial charge >= 0.3 is 24.3 Å². The first-order valence-corrected chi connectivity index (χ1v) is 13.8. The van der Waals surface area contributed by atoms with Gasteiger partial charge in [0.05, 0.1) is 5.56 Å². The number of primary amides is 1. The van der Waals surface area contributed by atoms with E-state index in [0.29, 0.717) is 30.1 Å². The molecule has 1 aliphatic heterocycles. The number of likely N-dealkylation sites (tertiary alicyclic amines) is 1. The van der Waals surface area contributed by atoms with E-state index in [1.165, 1.54) is 0 Å². The number of rotatable bonds is 10. The standard InChI is InChI=1S/C26H32F3N5O6S/c1-3-33(4-2)12-13-39-18-9-7-16(8-10-18)20-14-19(22(41-20)32-24(30)37)21(35)31-17-6-5-11-34(15-17)25(38)40-23(36)26(27,28)29/h7-10,14,17H,3-6,11-13,15H2,1-2H3,(H,31,35)(H3,30,32,37)/t17-/m0/s1. The van der Waals surface area contributed by atoms with Gasteiger partial charge < -0.3 is 30.3 Å². The summed E-state index contributed by atoms with van der Waals surface area (Å²) in [4.78, 5) is 51.6. The topological polar surface area (TPSA) is 143 Å². The van der Waals surface area contributed by atoms with Crippen molar-refractivity contribution in [2.24, 2.45) is 5.73 Å². The molecule has 224 valence electrons.